The van der Waals surface area contributed by atoms with Crippen molar-refractivity contribution in [2.75, 3.05) is 0 Å². The van der Waals surface area contributed by atoms with Crippen LogP contribution in [0.15, 0.2) is 59.5 Å². The highest BCUT2D eigenvalue weighted by molar-refractivity contribution is 7.89. The van der Waals surface area contributed by atoms with Gasteiger partial charge in [0.15, 0.2) is 0 Å². The summed E-state index contributed by atoms with van der Waals surface area (Å²) in [5.41, 5.74) is 2.33. The van der Waals surface area contributed by atoms with Crippen molar-refractivity contribution in [3.8, 4) is 0 Å². The van der Waals surface area contributed by atoms with Crippen LogP contribution in [-0.2, 0) is 16.4 Å². The lowest BCUT2D eigenvalue weighted by atomic mass is 10.0. The summed E-state index contributed by atoms with van der Waals surface area (Å²) < 4.78 is 28.9. The largest absolute Gasteiger partial charge is 0.240 e. The fourth-order valence-electron chi connectivity index (χ4n) is 3.87. The molecule has 1 saturated carbocycles. The molecule has 0 radical (unpaired) electrons. The van der Waals surface area contributed by atoms with E-state index >= 15 is 0 Å². The summed E-state index contributed by atoms with van der Waals surface area (Å²) in [6.45, 7) is 4.18. The highest BCUT2D eigenvalue weighted by atomic mass is 32.2. The molecule has 1 aliphatic rings. The van der Waals surface area contributed by atoms with Crippen molar-refractivity contribution in [2.24, 2.45) is 11.8 Å². The molecule has 146 valence electrons. The zero-order valence-corrected chi connectivity index (χ0v) is 17.2. The number of unbranched alkanes of at least 4 members (excludes halogenated alkanes) is 1. The van der Waals surface area contributed by atoms with Crippen molar-refractivity contribution in [1.29, 1.82) is 0 Å². The van der Waals surface area contributed by atoms with Gasteiger partial charge in [-0.25, -0.2) is 13.1 Å². The molecule has 0 heterocycles. The molecule has 1 fully saturated rings. The zero-order chi connectivity index (χ0) is 19.3. The summed E-state index contributed by atoms with van der Waals surface area (Å²) in [6.07, 6.45) is 6.55. The van der Waals surface area contributed by atoms with Gasteiger partial charge in [-0.3, -0.25) is 0 Å². The highest BCUT2D eigenvalue weighted by Crippen LogP contribution is 2.46. The molecule has 0 saturated heterocycles. The third kappa shape index (κ3) is 5.66. The number of sulfonamides is 1. The Morgan fingerprint density at radius 1 is 1.07 bits per heavy atom. The maximum Gasteiger partial charge on any atom is 0.240 e. The van der Waals surface area contributed by atoms with E-state index in [1.54, 1.807) is 12.1 Å². The van der Waals surface area contributed by atoms with Gasteiger partial charge in [0.25, 0.3) is 0 Å². The number of benzene rings is 2. The van der Waals surface area contributed by atoms with Crippen LogP contribution in [0.3, 0.4) is 0 Å². The van der Waals surface area contributed by atoms with E-state index in [0.717, 1.165) is 24.8 Å². The summed E-state index contributed by atoms with van der Waals surface area (Å²) >= 11 is 0. The smallest absolute Gasteiger partial charge is 0.208 e. The summed E-state index contributed by atoms with van der Waals surface area (Å²) in [5, 5.41) is 0. The lowest BCUT2D eigenvalue weighted by molar-refractivity contribution is 0.454. The van der Waals surface area contributed by atoms with Gasteiger partial charge >= 0.3 is 0 Å². The minimum atomic E-state index is -3.48. The Kier molecular flexibility index (Phi) is 6.72. The second-order valence-electron chi connectivity index (χ2n) is 7.87. The SMILES string of the molecule is CCCC[C@@H]1C[C@H]1[C@H](CCc1ccccc1)NS(=O)(=O)c1ccc(C)cc1. The van der Waals surface area contributed by atoms with Crippen molar-refractivity contribution in [3.63, 3.8) is 0 Å². The molecule has 0 unspecified atom stereocenters. The molecule has 0 aliphatic heterocycles. The number of nitrogens with one attached hydrogen (secondary N) is 1. The minimum absolute atomic E-state index is 0.0124. The summed E-state index contributed by atoms with van der Waals surface area (Å²) in [7, 11) is -3.48. The van der Waals surface area contributed by atoms with E-state index in [0.29, 0.717) is 16.7 Å². The number of hydrogen-bond donors (Lipinski definition) is 1. The Labute approximate surface area is 164 Å². The fraction of sp³-hybridized carbons (Fsp3) is 0.478. The Bertz CT molecular complexity index is 815. The van der Waals surface area contributed by atoms with Crippen molar-refractivity contribution in [1.82, 2.24) is 4.72 Å². The van der Waals surface area contributed by atoms with E-state index in [4.69, 9.17) is 0 Å². The predicted octanol–water partition coefficient (Wildman–Crippen LogP) is 5.10. The van der Waals surface area contributed by atoms with Crippen molar-refractivity contribution >= 4 is 10.0 Å². The van der Waals surface area contributed by atoms with Crippen LogP contribution in [0.2, 0.25) is 0 Å². The molecule has 0 bridgehead atoms. The Morgan fingerprint density at radius 2 is 1.78 bits per heavy atom. The molecule has 0 spiro atoms. The van der Waals surface area contributed by atoms with Crippen LogP contribution in [0.25, 0.3) is 0 Å². The van der Waals surface area contributed by atoms with E-state index in [1.807, 2.05) is 37.3 Å². The molecule has 0 amide bonds. The number of rotatable bonds is 10. The monoisotopic (exact) mass is 385 g/mol. The Hall–Kier alpha value is -1.65. The van der Waals surface area contributed by atoms with Gasteiger partial charge < -0.3 is 0 Å². The standard InChI is InChI=1S/C23H31NO2S/c1-3-4-10-20-17-22(20)23(16-13-19-8-6-5-7-9-19)24-27(25,26)21-14-11-18(2)12-15-21/h5-9,11-12,14-15,20,22-24H,3-4,10,13,16-17H2,1-2H3/t20-,22-,23+/m1/s1. The average Bonchev–Trinajstić information content (AvgIpc) is 3.44. The molecule has 1 aliphatic carbocycles. The Balaban J connectivity index is 1.70. The first-order valence-electron chi connectivity index (χ1n) is 10.1. The van der Waals surface area contributed by atoms with Crippen molar-refractivity contribution in [2.45, 2.75) is 63.3 Å². The number of hydrogen-bond acceptors (Lipinski definition) is 2. The van der Waals surface area contributed by atoms with Gasteiger partial charge in [-0.1, -0.05) is 74.2 Å². The molecule has 3 rings (SSSR count). The molecule has 0 aromatic heterocycles. The molecule has 3 nitrogen and oxygen atoms in total. The maximum atomic E-state index is 12.9. The van der Waals surface area contributed by atoms with E-state index in [1.165, 1.54) is 24.8 Å². The maximum absolute atomic E-state index is 12.9. The molecular formula is C23H31NO2S. The van der Waals surface area contributed by atoms with Crippen LogP contribution in [0.5, 0.6) is 0 Å². The van der Waals surface area contributed by atoms with Gasteiger partial charge in [0.1, 0.15) is 0 Å². The second-order valence-corrected chi connectivity index (χ2v) is 9.58. The first kappa shape index (κ1) is 20.1. The Morgan fingerprint density at radius 3 is 2.44 bits per heavy atom. The van der Waals surface area contributed by atoms with Crippen LogP contribution in [0, 0.1) is 18.8 Å². The third-order valence-electron chi connectivity index (χ3n) is 5.65. The zero-order valence-electron chi connectivity index (χ0n) is 16.4. The highest BCUT2D eigenvalue weighted by Gasteiger charge is 2.43. The van der Waals surface area contributed by atoms with Crippen LogP contribution in [0.4, 0.5) is 0 Å². The van der Waals surface area contributed by atoms with Crippen LogP contribution in [0.1, 0.15) is 50.2 Å². The number of aryl methyl sites for hydroxylation is 2. The lowest BCUT2D eigenvalue weighted by Gasteiger charge is -2.19. The van der Waals surface area contributed by atoms with E-state index in [9.17, 15) is 8.42 Å². The second kappa shape index (κ2) is 9.03. The molecule has 4 heteroatoms. The molecule has 3 atom stereocenters. The first-order valence-corrected chi connectivity index (χ1v) is 11.6. The fourth-order valence-corrected chi connectivity index (χ4v) is 5.20. The van der Waals surface area contributed by atoms with Crippen LogP contribution in [-0.4, -0.2) is 14.5 Å². The normalized spacial score (nSPS) is 20.4. The van der Waals surface area contributed by atoms with E-state index in [2.05, 4.69) is 23.8 Å². The summed E-state index contributed by atoms with van der Waals surface area (Å²) in [4.78, 5) is 0.364. The van der Waals surface area contributed by atoms with E-state index < -0.39 is 10.0 Å². The van der Waals surface area contributed by atoms with Crippen molar-refractivity contribution in [3.05, 3.63) is 65.7 Å². The lowest BCUT2D eigenvalue weighted by Crippen LogP contribution is -2.37. The topological polar surface area (TPSA) is 46.2 Å². The minimum Gasteiger partial charge on any atom is -0.208 e. The molecule has 2 aromatic carbocycles. The van der Waals surface area contributed by atoms with Gasteiger partial charge in [0, 0.05) is 6.04 Å². The van der Waals surface area contributed by atoms with Crippen molar-refractivity contribution < 1.29 is 8.42 Å². The van der Waals surface area contributed by atoms with Gasteiger partial charge in [-0.05, 0) is 55.7 Å². The quantitative estimate of drug-likeness (QED) is 0.618. The van der Waals surface area contributed by atoms with Crippen LogP contribution < -0.4 is 4.72 Å². The van der Waals surface area contributed by atoms with Crippen LogP contribution >= 0.6 is 0 Å². The summed E-state index contributed by atoms with van der Waals surface area (Å²) in [5.74, 6) is 1.15. The predicted molar refractivity (Wildman–Crippen MR) is 111 cm³/mol. The third-order valence-corrected chi connectivity index (χ3v) is 7.15. The molecular weight excluding hydrogens is 354 g/mol. The molecule has 27 heavy (non-hydrogen) atoms. The van der Waals surface area contributed by atoms with E-state index in [-0.39, 0.29) is 6.04 Å². The molecule has 1 N–H and O–H groups in total. The van der Waals surface area contributed by atoms with Gasteiger partial charge in [-0.2, -0.15) is 0 Å². The summed E-state index contributed by atoms with van der Waals surface area (Å²) in [6, 6.07) is 17.5. The van der Waals surface area contributed by atoms with Gasteiger partial charge in [-0.15, -0.1) is 0 Å². The van der Waals surface area contributed by atoms with Gasteiger partial charge in [0.2, 0.25) is 10.0 Å². The van der Waals surface area contributed by atoms with Gasteiger partial charge in [0.05, 0.1) is 4.90 Å². The molecule has 2 aromatic rings. The first-order chi connectivity index (χ1) is 13.0. The average molecular weight is 386 g/mol.